The van der Waals surface area contributed by atoms with Gasteiger partial charge >= 0.3 is 0 Å². The standard InChI is InChI=1S/C19H23N5O2.ClH/c25-17-2-1-9-24(17)12-14-5-3-13(4-6-14)10-21-19(26)18-15-11-20-8-7-16(15)22-23-18;/h3-6,20H,1-2,7-12H2,(H,21,26)(H,22,23);1H. The van der Waals surface area contributed by atoms with Crippen LogP contribution < -0.4 is 10.6 Å². The van der Waals surface area contributed by atoms with Gasteiger partial charge in [0.1, 0.15) is 0 Å². The summed E-state index contributed by atoms with van der Waals surface area (Å²) in [6.07, 6.45) is 2.49. The van der Waals surface area contributed by atoms with Crippen molar-refractivity contribution in [3.05, 3.63) is 52.3 Å². The van der Waals surface area contributed by atoms with Crippen LogP contribution in [0.3, 0.4) is 0 Å². The summed E-state index contributed by atoms with van der Waals surface area (Å²) in [7, 11) is 0. The van der Waals surface area contributed by atoms with Gasteiger partial charge < -0.3 is 15.5 Å². The summed E-state index contributed by atoms with van der Waals surface area (Å²) in [5, 5.41) is 13.3. The summed E-state index contributed by atoms with van der Waals surface area (Å²) in [6.45, 7) is 3.55. The van der Waals surface area contributed by atoms with Gasteiger partial charge in [0.2, 0.25) is 5.91 Å². The van der Waals surface area contributed by atoms with E-state index < -0.39 is 0 Å². The largest absolute Gasteiger partial charge is 0.347 e. The van der Waals surface area contributed by atoms with Gasteiger partial charge in [0.25, 0.3) is 5.91 Å². The molecule has 4 rings (SSSR count). The Bertz CT molecular complexity index is 818. The molecule has 1 fully saturated rings. The van der Waals surface area contributed by atoms with Crippen molar-refractivity contribution in [2.24, 2.45) is 0 Å². The first-order valence-electron chi connectivity index (χ1n) is 9.11. The quantitative estimate of drug-likeness (QED) is 0.723. The molecule has 2 amide bonds. The zero-order valence-electron chi connectivity index (χ0n) is 15.1. The Kier molecular flexibility index (Phi) is 6.13. The monoisotopic (exact) mass is 389 g/mol. The van der Waals surface area contributed by atoms with Crippen LogP contribution in [0.2, 0.25) is 0 Å². The molecule has 27 heavy (non-hydrogen) atoms. The van der Waals surface area contributed by atoms with Gasteiger partial charge in [0, 0.05) is 56.8 Å². The number of amides is 2. The molecule has 1 saturated heterocycles. The second-order valence-electron chi connectivity index (χ2n) is 6.87. The molecule has 0 aliphatic carbocycles. The van der Waals surface area contributed by atoms with Gasteiger partial charge in [-0.05, 0) is 17.5 Å². The van der Waals surface area contributed by atoms with Crippen molar-refractivity contribution in [2.75, 3.05) is 13.1 Å². The Morgan fingerprint density at radius 3 is 2.70 bits per heavy atom. The van der Waals surface area contributed by atoms with E-state index in [1.165, 1.54) is 0 Å². The number of halogens is 1. The first-order chi connectivity index (χ1) is 12.7. The minimum atomic E-state index is -0.155. The van der Waals surface area contributed by atoms with E-state index in [1.807, 2.05) is 29.2 Å². The fraction of sp³-hybridized carbons (Fsp3) is 0.421. The predicted octanol–water partition coefficient (Wildman–Crippen LogP) is 1.53. The molecule has 0 spiro atoms. The van der Waals surface area contributed by atoms with Crippen LogP contribution in [0.4, 0.5) is 0 Å². The fourth-order valence-electron chi connectivity index (χ4n) is 3.53. The molecule has 0 saturated carbocycles. The number of aromatic amines is 1. The molecule has 2 aromatic rings. The van der Waals surface area contributed by atoms with Gasteiger partial charge in [-0.3, -0.25) is 14.7 Å². The average molecular weight is 390 g/mol. The Labute approximate surface area is 164 Å². The number of nitrogens with zero attached hydrogens (tertiary/aromatic N) is 2. The first kappa shape index (κ1) is 19.4. The third kappa shape index (κ3) is 4.31. The van der Waals surface area contributed by atoms with Gasteiger partial charge in [-0.15, -0.1) is 12.4 Å². The highest BCUT2D eigenvalue weighted by Gasteiger charge is 2.21. The molecule has 0 bridgehead atoms. The Morgan fingerprint density at radius 2 is 1.96 bits per heavy atom. The van der Waals surface area contributed by atoms with Gasteiger partial charge in [0.05, 0.1) is 0 Å². The SMILES string of the molecule is Cl.O=C(NCc1ccc(CN2CCCC2=O)cc1)c1n[nH]c2c1CNCC2. The van der Waals surface area contributed by atoms with E-state index in [-0.39, 0.29) is 24.2 Å². The first-order valence-corrected chi connectivity index (χ1v) is 9.11. The average Bonchev–Trinajstić information content (AvgIpc) is 3.27. The molecule has 0 unspecified atom stereocenters. The van der Waals surface area contributed by atoms with Crippen molar-refractivity contribution < 1.29 is 9.59 Å². The van der Waals surface area contributed by atoms with E-state index in [9.17, 15) is 9.59 Å². The molecule has 144 valence electrons. The molecule has 1 aromatic heterocycles. The van der Waals surface area contributed by atoms with E-state index in [4.69, 9.17) is 0 Å². The number of hydrogen-bond donors (Lipinski definition) is 3. The second-order valence-corrected chi connectivity index (χ2v) is 6.87. The fourth-order valence-corrected chi connectivity index (χ4v) is 3.53. The van der Waals surface area contributed by atoms with Crippen molar-refractivity contribution in [2.45, 2.75) is 38.9 Å². The van der Waals surface area contributed by atoms with E-state index in [0.29, 0.717) is 31.7 Å². The highest BCUT2D eigenvalue weighted by Crippen LogP contribution is 2.16. The molecule has 0 atom stereocenters. The minimum Gasteiger partial charge on any atom is -0.347 e. The van der Waals surface area contributed by atoms with Crippen molar-refractivity contribution in [1.82, 2.24) is 25.7 Å². The van der Waals surface area contributed by atoms with Gasteiger partial charge in [-0.25, -0.2) is 0 Å². The van der Waals surface area contributed by atoms with Crippen molar-refractivity contribution in [1.29, 1.82) is 0 Å². The molecule has 1 aromatic carbocycles. The van der Waals surface area contributed by atoms with Crippen LogP contribution in [0.15, 0.2) is 24.3 Å². The second kappa shape index (κ2) is 8.54. The molecular weight excluding hydrogens is 366 g/mol. The molecule has 2 aliphatic heterocycles. The summed E-state index contributed by atoms with van der Waals surface area (Å²) in [5.74, 6) is 0.0797. The third-order valence-corrected chi connectivity index (χ3v) is 5.04. The summed E-state index contributed by atoms with van der Waals surface area (Å²) in [6, 6.07) is 8.04. The Hall–Kier alpha value is -2.38. The number of nitrogens with one attached hydrogen (secondary N) is 3. The summed E-state index contributed by atoms with van der Waals surface area (Å²) >= 11 is 0. The number of H-pyrrole nitrogens is 1. The van der Waals surface area contributed by atoms with Crippen LogP contribution in [0.25, 0.3) is 0 Å². The molecule has 3 heterocycles. The lowest BCUT2D eigenvalue weighted by Crippen LogP contribution is -2.28. The van der Waals surface area contributed by atoms with Gasteiger partial charge in [-0.2, -0.15) is 5.10 Å². The number of carbonyl (C=O) groups is 2. The number of likely N-dealkylation sites (tertiary alicyclic amines) is 1. The topological polar surface area (TPSA) is 90.1 Å². The van der Waals surface area contributed by atoms with Gasteiger partial charge in [0.15, 0.2) is 5.69 Å². The van der Waals surface area contributed by atoms with Crippen LogP contribution in [0.1, 0.15) is 45.7 Å². The highest BCUT2D eigenvalue weighted by atomic mass is 35.5. The van der Waals surface area contributed by atoms with Crippen LogP contribution in [-0.2, 0) is 30.8 Å². The van der Waals surface area contributed by atoms with Crippen molar-refractivity contribution in [3.8, 4) is 0 Å². The predicted molar refractivity (Wildman–Crippen MR) is 104 cm³/mol. The maximum absolute atomic E-state index is 12.4. The number of fused-ring (bicyclic) bond motifs is 1. The minimum absolute atomic E-state index is 0. The lowest BCUT2D eigenvalue weighted by molar-refractivity contribution is -0.128. The smallest absolute Gasteiger partial charge is 0.272 e. The van der Waals surface area contributed by atoms with E-state index in [0.717, 1.165) is 48.3 Å². The highest BCUT2D eigenvalue weighted by molar-refractivity contribution is 5.94. The zero-order valence-corrected chi connectivity index (χ0v) is 15.9. The number of carbonyl (C=O) groups excluding carboxylic acids is 2. The maximum Gasteiger partial charge on any atom is 0.272 e. The molecule has 0 radical (unpaired) electrons. The van der Waals surface area contributed by atoms with Crippen molar-refractivity contribution >= 4 is 24.2 Å². The number of hydrogen-bond acceptors (Lipinski definition) is 4. The third-order valence-electron chi connectivity index (χ3n) is 5.04. The van der Waals surface area contributed by atoms with Gasteiger partial charge in [-0.1, -0.05) is 24.3 Å². The number of aromatic nitrogens is 2. The van der Waals surface area contributed by atoms with Crippen LogP contribution >= 0.6 is 12.4 Å². The number of rotatable bonds is 5. The zero-order chi connectivity index (χ0) is 17.9. The Balaban J connectivity index is 0.00000210. The molecule has 3 N–H and O–H groups in total. The van der Waals surface area contributed by atoms with E-state index in [1.54, 1.807) is 0 Å². The maximum atomic E-state index is 12.4. The van der Waals surface area contributed by atoms with E-state index >= 15 is 0 Å². The Morgan fingerprint density at radius 1 is 1.19 bits per heavy atom. The normalized spacial score (nSPS) is 16.0. The molecule has 2 aliphatic rings. The van der Waals surface area contributed by atoms with Crippen LogP contribution in [0, 0.1) is 0 Å². The van der Waals surface area contributed by atoms with Crippen LogP contribution in [0.5, 0.6) is 0 Å². The van der Waals surface area contributed by atoms with Crippen molar-refractivity contribution in [3.63, 3.8) is 0 Å². The molecule has 7 nitrogen and oxygen atoms in total. The lowest BCUT2D eigenvalue weighted by atomic mass is 10.1. The summed E-state index contributed by atoms with van der Waals surface area (Å²) in [5.41, 5.74) is 4.64. The summed E-state index contributed by atoms with van der Waals surface area (Å²) in [4.78, 5) is 26.0. The lowest BCUT2D eigenvalue weighted by Gasteiger charge is -2.15. The number of benzene rings is 1. The van der Waals surface area contributed by atoms with Crippen LogP contribution in [-0.4, -0.2) is 40.0 Å². The molecular formula is C19H24ClN5O2. The summed E-state index contributed by atoms with van der Waals surface area (Å²) < 4.78 is 0. The van der Waals surface area contributed by atoms with E-state index in [2.05, 4.69) is 20.8 Å². The molecule has 8 heteroatoms.